The van der Waals surface area contributed by atoms with Crippen LogP contribution in [0.4, 0.5) is 8.78 Å². The zero-order valence-corrected chi connectivity index (χ0v) is 11.4. The Morgan fingerprint density at radius 3 is 2.65 bits per heavy atom. The molecule has 1 aromatic rings. The zero-order valence-electron chi connectivity index (χ0n) is 11.4. The van der Waals surface area contributed by atoms with E-state index in [9.17, 15) is 13.6 Å². The number of benzene rings is 1. The highest BCUT2D eigenvalue weighted by molar-refractivity contribution is 5.79. The molecule has 0 spiro atoms. The number of halogens is 2. The minimum absolute atomic E-state index is 0.0272. The normalized spacial score (nSPS) is 14.2. The molecule has 1 aliphatic carbocycles. The highest BCUT2D eigenvalue weighted by atomic mass is 19.3. The number of likely N-dealkylation sites (N-methyl/N-ethyl adjacent to an activating group) is 1. The highest BCUT2D eigenvalue weighted by Crippen LogP contribution is 2.30. The highest BCUT2D eigenvalue weighted by Gasteiger charge is 2.29. The van der Waals surface area contributed by atoms with E-state index in [-0.39, 0.29) is 23.8 Å². The van der Waals surface area contributed by atoms with Crippen molar-refractivity contribution in [3.8, 4) is 11.5 Å². The summed E-state index contributed by atoms with van der Waals surface area (Å²) in [6.07, 6.45) is 2.23. The molecular weight excluding hydrogens is 268 g/mol. The lowest BCUT2D eigenvalue weighted by atomic mass is 10.1. The molecule has 0 N–H and O–H groups in total. The summed E-state index contributed by atoms with van der Waals surface area (Å²) in [7, 11) is 3.14. The molecule has 0 unspecified atom stereocenters. The number of hydrogen-bond acceptors (Lipinski definition) is 3. The van der Waals surface area contributed by atoms with Crippen molar-refractivity contribution in [1.29, 1.82) is 0 Å². The summed E-state index contributed by atoms with van der Waals surface area (Å²) in [5.41, 5.74) is 0.624. The van der Waals surface area contributed by atoms with Gasteiger partial charge in [-0.25, -0.2) is 0 Å². The molecule has 2 rings (SSSR count). The van der Waals surface area contributed by atoms with E-state index in [1.807, 2.05) is 0 Å². The Morgan fingerprint density at radius 2 is 2.10 bits per heavy atom. The van der Waals surface area contributed by atoms with Crippen LogP contribution in [-0.4, -0.2) is 37.6 Å². The van der Waals surface area contributed by atoms with Crippen LogP contribution in [0.5, 0.6) is 11.5 Å². The van der Waals surface area contributed by atoms with Crippen LogP contribution >= 0.6 is 0 Å². The average molecular weight is 285 g/mol. The van der Waals surface area contributed by atoms with E-state index in [0.29, 0.717) is 11.6 Å². The quantitative estimate of drug-likeness (QED) is 0.806. The maximum atomic E-state index is 12.3. The topological polar surface area (TPSA) is 38.8 Å². The molecule has 1 saturated carbocycles. The van der Waals surface area contributed by atoms with Gasteiger partial charge in [0, 0.05) is 13.1 Å². The molecular formula is C14H17F2NO3. The number of amides is 1. The minimum atomic E-state index is -2.93. The van der Waals surface area contributed by atoms with E-state index < -0.39 is 6.61 Å². The smallest absolute Gasteiger partial charge is 0.387 e. The number of hydrogen-bond donors (Lipinski definition) is 0. The summed E-state index contributed by atoms with van der Waals surface area (Å²) in [6, 6.07) is 4.95. The van der Waals surface area contributed by atoms with Gasteiger partial charge in [-0.1, -0.05) is 6.07 Å². The zero-order chi connectivity index (χ0) is 14.7. The Bertz CT molecular complexity index is 489. The molecule has 1 fully saturated rings. The fourth-order valence-corrected chi connectivity index (χ4v) is 1.98. The van der Waals surface area contributed by atoms with Crippen LogP contribution in [0.1, 0.15) is 18.4 Å². The summed E-state index contributed by atoms with van der Waals surface area (Å²) < 4.78 is 34.0. The Morgan fingerprint density at radius 1 is 1.40 bits per heavy atom. The van der Waals surface area contributed by atoms with Gasteiger partial charge < -0.3 is 14.4 Å². The molecule has 1 aliphatic rings. The summed E-state index contributed by atoms with van der Waals surface area (Å²) in [5.74, 6) is 0.139. The van der Waals surface area contributed by atoms with Gasteiger partial charge in [-0.3, -0.25) is 4.79 Å². The first-order chi connectivity index (χ1) is 9.51. The van der Waals surface area contributed by atoms with E-state index in [0.717, 1.165) is 12.8 Å². The predicted octanol–water partition coefficient (Wildman–Crippen LogP) is 2.46. The third-order valence-electron chi connectivity index (χ3n) is 3.29. The molecule has 1 aromatic carbocycles. The van der Waals surface area contributed by atoms with E-state index in [1.165, 1.54) is 19.2 Å². The first-order valence-corrected chi connectivity index (χ1v) is 6.38. The summed E-state index contributed by atoms with van der Waals surface area (Å²) in [5, 5.41) is 0. The average Bonchev–Trinajstić information content (AvgIpc) is 3.21. The molecule has 0 bridgehead atoms. The van der Waals surface area contributed by atoms with Crippen molar-refractivity contribution in [2.75, 3.05) is 14.2 Å². The van der Waals surface area contributed by atoms with E-state index in [2.05, 4.69) is 4.74 Å². The monoisotopic (exact) mass is 285 g/mol. The number of nitrogens with zero attached hydrogens (tertiary/aromatic N) is 1. The molecule has 0 aliphatic heterocycles. The largest absolute Gasteiger partial charge is 0.493 e. The summed E-state index contributed by atoms with van der Waals surface area (Å²) in [4.78, 5) is 13.7. The molecule has 6 heteroatoms. The lowest BCUT2D eigenvalue weighted by Gasteiger charge is -2.17. The van der Waals surface area contributed by atoms with Crippen molar-refractivity contribution < 1.29 is 23.0 Å². The van der Waals surface area contributed by atoms with Crippen molar-refractivity contribution in [1.82, 2.24) is 4.90 Å². The second-order valence-electron chi connectivity index (χ2n) is 4.78. The first kappa shape index (κ1) is 14.6. The lowest BCUT2D eigenvalue weighted by molar-refractivity contribution is -0.129. The number of carbonyl (C=O) groups is 1. The van der Waals surface area contributed by atoms with Gasteiger partial charge in [0.15, 0.2) is 11.5 Å². The second kappa shape index (κ2) is 6.07. The summed E-state index contributed by atoms with van der Waals surface area (Å²) >= 11 is 0. The van der Waals surface area contributed by atoms with Gasteiger partial charge in [0.2, 0.25) is 5.91 Å². The van der Waals surface area contributed by atoms with Crippen LogP contribution < -0.4 is 9.47 Å². The van der Waals surface area contributed by atoms with E-state index in [1.54, 1.807) is 18.0 Å². The van der Waals surface area contributed by atoms with Crippen molar-refractivity contribution in [2.24, 2.45) is 0 Å². The van der Waals surface area contributed by atoms with Crippen LogP contribution in [0, 0.1) is 0 Å². The van der Waals surface area contributed by atoms with Gasteiger partial charge in [-0.15, -0.1) is 0 Å². The van der Waals surface area contributed by atoms with Crippen molar-refractivity contribution in [3.63, 3.8) is 0 Å². The molecule has 110 valence electrons. The van der Waals surface area contributed by atoms with Crippen molar-refractivity contribution in [2.45, 2.75) is 31.9 Å². The van der Waals surface area contributed by atoms with Crippen molar-refractivity contribution in [3.05, 3.63) is 23.8 Å². The third-order valence-corrected chi connectivity index (χ3v) is 3.29. The fraction of sp³-hybridized carbons (Fsp3) is 0.500. The first-order valence-electron chi connectivity index (χ1n) is 6.38. The number of rotatable bonds is 6. The second-order valence-corrected chi connectivity index (χ2v) is 4.78. The Labute approximate surface area is 116 Å². The summed E-state index contributed by atoms with van der Waals surface area (Å²) in [6.45, 7) is -2.93. The molecule has 0 saturated heterocycles. The Hall–Kier alpha value is -1.85. The van der Waals surface area contributed by atoms with Crippen LogP contribution in [0.2, 0.25) is 0 Å². The standard InChI is InChI=1S/C14H17F2NO3/c1-17(10-4-5-10)13(18)8-9-3-6-11(19-2)12(7-9)20-14(15)16/h3,6-7,10,14H,4-5,8H2,1-2H3. The number of ether oxygens (including phenoxy) is 2. The molecule has 20 heavy (non-hydrogen) atoms. The lowest BCUT2D eigenvalue weighted by Crippen LogP contribution is -2.30. The number of methoxy groups -OCH3 is 1. The van der Waals surface area contributed by atoms with Gasteiger partial charge in [0.25, 0.3) is 0 Å². The SMILES string of the molecule is COc1ccc(CC(=O)N(C)C2CC2)cc1OC(F)F. The Kier molecular flexibility index (Phi) is 4.42. The Balaban J connectivity index is 2.09. The van der Waals surface area contributed by atoms with Crippen LogP contribution in [-0.2, 0) is 11.2 Å². The van der Waals surface area contributed by atoms with Gasteiger partial charge in [-0.2, -0.15) is 8.78 Å². The number of carbonyl (C=O) groups excluding carboxylic acids is 1. The fourth-order valence-electron chi connectivity index (χ4n) is 1.98. The van der Waals surface area contributed by atoms with Gasteiger partial charge in [0.1, 0.15) is 0 Å². The van der Waals surface area contributed by atoms with E-state index in [4.69, 9.17) is 4.74 Å². The maximum absolute atomic E-state index is 12.3. The van der Waals surface area contributed by atoms with Gasteiger partial charge >= 0.3 is 6.61 Å². The predicted molar refractivity (Wildman–Crippen MR) is 69.1 cm³/mol. The maximum Gasteiger partial charge on any atom is 0.387 e. The molecule has 0 aromatic heterocycles. The molecule has 0 heterocycles. The van der Waals surface area contributed by atoms with Crippen LogP contribution in [0.25, 0.3) is 0 Å². The van der Waals surface area contributed by atoms with E-state index >= 15 is 0 Å². The van der Waals surface area contributed by atoms with Gasteiger partial charge in [0.05, 0.1) is 13.5 Å². The molecule has 0 atom stereocenters. The minimum Gasteiger partial charge on any atom is -0.493 e. The van der Waals surface area contributed by atoms with Gasteiger partial charge in [-0.05, 0) is 30.5 Å². The molecule has 4 nitrogen and oxygen atoms in total. The number of alkyl halides is 2. The molecule has 1 amide bonds. The third kappa shape index (κ3) is 3.59. The van der Waals surface area contributed by atoms with Crippen molar-refractivity contribution >= 4 is 5.91 Å². The van der Waals surface area contributed by atoms with Crippen LogP contribution in [0.15, 0.2) is 18.2 Å². The van der Waals surface area contributed by atoms with Crippen LogP contribution in [0.3, 0.4) is 0 Å². The molecule has 0 radical (unpaired) electrons.